The molecule has 2 atom stereocenters. The highest BCUT2D eigenvalue weighted by Crippen LogP contribution is 2.24. The number of ether oxygens (including phenoxy) is 2. The minimum atomic E-state index is -0.716. The molecule has 1 amide bonds. The third kappa shape index (κ3) is 6.08. The van der Waals surface area contributed by atoms with E-state index in [4.69, 9.17) is 9.47 Å². The molecule has 0 spiro atoms. The number of amides is 1. The van der Waals surface area contributed by atoms with Gasteiger partial charge in [0, 0.05) is 11.3 Å². The molecule has 2 aromatic carbocycles. The molecule has 0 bridgehead atoms. The first kappa shape index (κ1) is 22.5. The van der Waals surface area contributed by atoms with E-state index in [0.717, 1.165) is 36.1 Å². The summed E-state index contributed by atoms with van der Waals surface area (Å²) in [5.41, 5.74) is 3.65. The Morgan fingerprint density at radius 2 is 1.52 bits per heavy atom. The highest BCUT2D eigenvalue weighted by atomic mass is 16.6. The zero-order chi connectivity index (χ0) is 21.4. The molecule has 1 N–H and O–H groups in total. The topological polar surface area (TPSA) is 64.6 Å². The zero-order valence-electron chi connectivity index (χ0n) is 18.0. The molecule has 0 saturated carbocycles. The first-order valence-electron chi connectivity index (χ1n) is 10.3. The van der Waals surface area contributed by atoms with Crippen molar-refractivity contribution in [1.29, 1.82) is 0 Å². The molecular formula is C24H31NO4. The first-order chi connectivity index (χ1) is 13.9. The van der Waals surface area contributed by atoms with Gasteiger partial charge in [0.25, 0.3) is 5.91 Å². The zero-order valence-corrected chi connectivity index (χ0v) is 18.0. The van der Waals surface area contributed by atoms with Crippen molar-refractivity contribution in [2.24, 2.45) is 0 Å². The molecule has 5 nitrogen and oxygen atoms in total. The molecule has 0 unspecified atom stereocenters. The van der Waals surface area contributed by atoms with Crippen LogP contribution in [0.4, 0.5) is 5.69 Å². The van der Waals surface area contributed by atoms with Crippen molar-refractivity contribution in [1.82, 2.24) is 0 Å². The van der Waals surface area contributed by atoms with Crippen LogP contribution < -0.4 is 10.1 Å². The molecule has 0 aromatic heterocycles. The Kier molecular flexibility index (Phi) is 8.25. The number of hydrogen-bond donors (Lipinski definition) is 1. The summed E-state index contributed by atoms with van der Waals surface area (Å²) in [6.07, 6.45) is 1.59. The van der Waals surface area contributed by atoms with E-state index in [1.165, 1.54) is 0 Å². The van der Waals surface area contributed by atoms with Crippen molar-refractivity contribution >= 4 is 17.6 Å². The van der Waals surface area contributed by atoms with Gasteiger partial charge in [-0.3, -0.25) is 4.79 Å². The predicted molar refractivity (Wildman–Crippen MR) is 116 cm³/mol. The summed E-state index contributed by atoms with van der Waals surface area (Å²) in [6.45, 7) is 9.60. The molecule has 5 heteroatoms. The van der Waals surface area contributed by atoms with Gasteiger partial charge in [-0.15, -0.1) is 0 Å². The quantitative estimate of drug-likeness (QED) is 0.593. The van der Waals surface area contributed by atoms with Gasteiger partial charge < -0.3 is 14.8 Å². The second-order valence-electron chi connectivity index (χ2n) is 7.05. The lowest BCUT2D eigenvalue weighted by Crippen LogP contribution is -2.29. The molecule has 0 aliphatic carbocycles. The molecule has 0 aliphatic rings. The van der Waals surface area contributed by atoms with Crippen molar-refractivity contribution in [3.8, 4) is 5.75 Å². The smallest absolute Gasteiger partial charge is 0.347 e. The molecule has 2 aromatic rings. The number of carbonyl (C=O) groups excluding carboxylic acids is 2. The Hall–Kier alpha value is -2.82. The van der Waals surface area contributed by atoms with Gasteiger partial charge in [0.05, 0.1) is 6.10 Å². The van der Waals surface area contributed by atoms with Crippen LogP contribution in [0.5, 0.6) is 5.75 Å². The molecule has 2 rings (SSSR count). The van der Waals surface area contributed by atoms with E-state index in [1.807, 2.05) is 32.0 Å². The fourth-order valence-electron chi connectivity index (χ4n) is 2.90. The fourth-order valence-corrected chi connectivity index (χ4v) is 2.90. The normalized spacial score (nSPS) is 12.7. The SMILES string of the molecule is CCc1cccc(CC)c1NC(=O)c1ccc(O[C@@H](C)C(=O)O[C@@H](C)CC)cc1. The minimum Gasteiger partial charge on any atom is -0.479 e. The van der Waals surface area contributed by atoms with E-state index in [-0.39, 0.29) is 12.0 Å². The maximum Gasteiger partial charge on any atom is 0.347 e. The average molecular weight is 398 g/mol. The molecule has 0 aliphatic heterocycles. The van der Waals surface area contributed by atoms with Crippen LogP contribution in [0.1, 0.15) is 62.5 Å². The van der Waals surface area contributed by atoms with Gasteiger partial charge in [-0.1, -0.05) is 39.0 Å². The van der Waals surface area contributed by atoms with Crippen LogP contribution in [0, 0.1) is 0 Å². The molecular weight excluding hydrogens is 366 g/mol. The second kappa shape index (κ2) is 10.6. The van der Waals surface area contributed by atoms with Crippen molar-refractivity contribution in [2.45, 2.75) is 66.1 Å². The third-order valence-corrected chi connectivity index (χ3v) is 4.89. The van der Waals surface area contributed by atoms with Gasteiger partial charge in [-0.2, -0.15) is 0 Å². The monoisotopic (exact) mass is 397 g/mol. The Morgan fingerprint density at radius 3 is 2.03 bits per heavy atom. The predicted octanol–water partition coefficient (Wildman–Crippen LogP) is 5.17. The van der Waals surface area contributed by atoms with Crippen LogP contribution in [0.25, 0.3) is 0 Å². The van der Waals surface area contributed by atoms with Crippen LogP contribution in [0.3, 0.4) is 0 Å². The maximum atomic E-state index is 12.7. The molecule has 156 valence electrons. The third-order valence-electron chi connectivity index (χ3n) is 4.89. The second-order valence-corrected chi connectivity index (χ2v) is 7.05. The summed E-state index contributed by atoms with van der Waals surface area (Å²) in [4.78, 5) is 24.7. The number of anilines is 1. The Labute approximate surface area is 173 Å². The summed E-state index contributed by atoms with van der Waals surface area (Å²) in [7, 11) is 0. The summed E-state index contributed by atoms with van der Waals surface area (Å²) in [6, 6.07) is 12.8. The summed E-state index contributed by atoms with van der Waals surface area (Å²) < 4.78 is 10.9. The van der Waals surface area contributed by atoms with E-state index in [2.05, 4.69) is 19.2 Å². The largest absolute Gasteiger partial charge is 0.479 e. The Morgan fingerprint density at radius 1 is 0.931 bits per heavy atom. The fraction of sp³-hybridized carbons (Fsp3) is 0.417. The molecule has 0 heterocycles. The van der Waals surface area contributed by atoms with E-state index in [0.29, 0.717) is 11.3 Å². The number of nitrogens with one attached hydrogen (secondary N) is 1. The van der Waals surface area contributed by atoms with Crippen molar-refractivity contribution in [2.75, 3.05) is 5.32 Å². The highest BCUT2D eigenvalue weighted by molar-refractivity contribution is 6.05. The number of hydrogen-bond acceptors (Lipinski definition) is 4. The van der Waals surface area contributed by atoms with Gasteiger partial charge in [-0.25, -0.2) is 4.79 Å². The molecule has 29 heavy (non-hydrogen) atoms. The van der Waals surface area contributed by atoms with Crippen LogP contribution in [0.15, 0.2) is 42.5 Å². The van der Waals surface area contributed by atoms with Crippen molar-refractivity contribution < 1.29 is 19.1 Å². The van der Waals surface area contributed by atoms with E-state index in [1.54, 1.807) is 31.2 Å². The number of rotatable bonds is 9. The van der Waals surface area contributed by atoms with Gasteiger partial charge in [0.15, 0.2) is 6.10 Å². The van der Waals surface area contributed by atoms with Gasteiger partial charge in [0.1, 0.15) is 5.75 Å². The molecule has 0 saturated heterocycles. The first-order valence-corrected chi connectivity index (χ1v) is 10.3. The molecule has 0 fully saturated rings. The number of benzene rings is 2. The van der Waals surface area contributed by atoms with Crippen molar-refractivity contribution in [3.05, 3.63) is 59.2 Å². The van der Waals surface area contributed by atoms with Crippen LogP contribution >= 0.6 is 0 Å². The van der Waals surface area contributed by atoms with Gasteiger partial charge in [0.2, 0.25) is 0 Å². The summed E-state index contributed by atoms with van der Waals surface area (Å²) in [5, 5.41) is 3.05. The van der Waals surface area contributed by atoms with E-state index >= 15 is 0 Å². The van der Waals surface area contributed by atoms with Gasteiger partial charge >= 0.3 is 5.97 Å². The Balaban J connectivity index is 2.05. The number of para-hydroxylation sites is 1. The van der Waals surface area contributed by atoms with Crippen LogP contribution in [-0.2, 0) is 22.4 Å². The van der Waals surface area contributed by atoms with E-state index in [9.17, 15) is 9.59 Å². The Bertz CT molecular complexity index is 807. The lowest BCUT2D eigenvalue weighted by Gasteiger charge is -2.17. The number of esters is 1. The minimum absolute atomic E-state index is 0.140. The standard InChI is InChI=1S/C24H31NO4/c1-6-16(4)28-24(27)17(5)29-21-14-12-20(13-15-21)23(26)25-22-18(7-2)10-9-11-19(22)8-3/h9-17H,6-8H2,1-5H3,(H,25,26)/t16-,17-/m0/s1. The van der Waals surface area contributed by atoms with Gasteiger partial charge in [-0.05, 0) is 68.5 Å². The maximum absolute atomic E-state index is 12.7. The van der Waals surface area contributed by atoms with Crippen molar-refractivity contribution in [3.63, 3.8) is 0 Å². The van der Waals surface area contributed by atoms with Crippen LogP contribution in [0.2, 0.25) is 0 Å². The summed E-state index contributed by atoms with van der Waals surface area (Å²) in [5.74, 6) is -0.0563. The summed E-state index contributed by atoms with van der Waals surface area (Å²) >= 11 is 0. The van der Waals surface area contributed by atoms with E-state index < -0.39 is 12.1 Å². The number of aryl methyl sites for hydroxylation is 2. The lowest BCUT2D eigenvalue weighted by molar-refractivity contribution is -0.155. The molecule has 0 radical (unpaired) electrons. The van der Waals surface area contributed by atoms with Crippen LogP contribution in [-0.4, -0.2) is 24.1 Å². The lowest BCUT2D eigenvalue weighted by atomic mass is 10.0. The number of carbonyl (C=O) groups is 2. The average Bonchev–Trinajstić information content (AvgIpc) is 2.73. The highest BCUT2D eigenvalue weighted by Gasteiger charge is 2.19.